The molecule has 0 saturated heterocycles. The van der Waals surface area contributed by atoms with Gasteiger partial charge in [0.15, 0.2) is 0 Å². The lowest BCUT2D eigenvalue weighted by Crippen LogP contribution is -2.55. The van der Waals surface area contributed by atoms with Crippen molar-refractivity contribution in [2.75, 3.05) is 37.1 Å². The Morgan fingerprint density at radius 2 is 0.833 bits per heavy atom. The van der Waals surface area contributed by atoms with E-state index < -0.39 is 17.1 Å². The van der Waals surface area contributed by atoms with Gasteiger partial charge in [-0.25, -0.2) is 28.1 Å². The van der Waals surface area contributed by atoms with Crippen LogP contribution in [-0.2, 0) is 33.8 Å². The predicted octanol–water partition coefficient (Wildman–Crippen LogP) is -1.11. The van der Waals surface area contributed by atoms with E-state index in [9.17, 15) is 14.4 Å². The highest BCUT2D eigenvalue weighted by molar-refractivity contribution is 7.80. The van der Waals surface area contributed by atoms with Crippen molar-refractivity contribution in [3.05, 3.63) is 31.5 Å². The van der Waals surface area contributed by atoms with Gasteiger partial charge in [0.25, 0.3) is 0 Å². The first-order valence-electron chi connectivity index (χ1n) is 8.64. The van der Waals surface area contributed by atoms with Crippen molar-refractivity contribution < 1.29 is 14.2 Å². The zero-order valence-corrected chi connectivity index (χ0v) is 18.7. The fourth-order valence-electron chi connectivity index (χ4n) is 2.07. The maximum Gasteiger partial charge on any atom is 0.336 e. The van der Waals surface area contributed by atoms with E-state index in [0.717, 1.165) is 13.7 Å². The Balaban J connectivity index is 3.15. The van der Waals surface area contributed by atoms with Crippen molar-refractivity contribution in [3.63, 3.8) is 0 Å². The third-order valence-electron chi connectivity index (χ3n) is 3.31. The quantitative estimate of drug-likeness (QED) is 0.240. The first kappa shape index (κ1) is 25.6. The van der Waals surface area contributed by atoms with Gasteiger partial charge in [0, 0.05) is 0 Å². The van der Waals surface area contributed by atoms with Gasteiger partial charge >= 0.3 is 17.1 Å². The summed E-state index contributed by atoms with van der Waals surface area (Å²) in [6, 6.07) is 0. The number of thiol groups is 3. The van der Waals surface area contributed by atoms with Crippen molar-refractivity contribution in [2.24, 2.45) is 0 Å². The van der Waals surface area contributed by atoms with E-state index in [0.29, 0.717) is 17.3 Å². The second-order valence-electron chi connectivity index (χ2n) is 5.16. The molecule has 1 aromatic heterocycles. The van der Waals surface area contributed by atoms with Gasteiger partial charge in [-0.2, -0.15) is 37.9 Å². The number of nitrogens with zero attached hydrogens (tertiary/aromatic N) is 3. The SMILES string of the molecule is O=c1n(CCOC#CCS)c(=O)n(CCOC#CCS)c(=O)n1CCOC#CCS. The second-order valence-corrected chi connectivity index (χ2v) is 6.11. The van der Waals surface area contributed by atoms with Gasteiger partial charge in [-0.1, -0.05) is 0 Å². The normalized spacial score (nSPS) is 9.30. The highest BCUT2D eigenvalue weighted by Gasteiger charge is 2.15. The summed E-state index contributed by atoms with van der Waals surface area (Å²) in [7, 11) is 0. The van der Waals surface area contributed by atoms with Gasteiger partial charge in [-0.3, -0.25) is 0 Å². The van der Waals surface area contributed by atoms with E-state index in [4.69, 9.17) is 14.2 Å². The van der Waals surface area contributed by atoms with E-state index >= 15 is 0 Å². The van der Waals surface area contributed by atoms with Crippen LogP contribution in [0.5, 0.6) is 0 Å². The summed E-state index contributed by atoms with van der Waals surface area (Å²) in [5, 5.41) is 0. The summed E-state index contributed by atoms with van der Waals surface area (Å²) in [5.41, 5.74) is -2.35. The molecule has 0 aliphatic rings. The van der Waals surface area contributed by atoms with Crippen molar-refractivity contribution >= 4 is 37.9 Å². The summed E-state index contributed by atoms with van der Waals surface area (Å²) < 4.78 is 17.8. The average Bonchev–Trinajstić information content (AvgIpc) is 2.74. The summed E-state index contributed by atoms with van der Waals surface area (Å²) in [5.74, 6) is 8.67. The van der Waals surface area contributed by atoms with E-state index in [1.54, 1.807) is 0 Å². The second kappa shape index (κ2) is 15.4. The van der Waals surface area contributed by atoms with Crippen LogP contribution >= 0.6 is 37.9 Å². The topological polar surface area (TPSA) is 93.7 Å². The first-order valence-corrected chi connectivity index (χ1v) is 10.5. The van der Waals surface area contributed by atoms with Crippen LogP contribution in [0.25, 0.3) is 0 Å². The van der Waals surface area contributed by atoms with Gasteiger partial charge in [-0.15, -0.1) is 0 Å². The average molecular weight is 472 g/mol. The van der Waals surface area contributed by atoms with Gasteiger partial charge in [0.1, 0.15) is 38.1 Å². The number of ether oxygens (including phenoxy) is 3. The largest absolute Gasteiger partial charge is 0.445 e. The van der Waals surface area contributed by atoms with Crippen LogP contribution in [0.15, 0.2) is 14.4 Å². The fraction of sp³-hybridized carbons (Fsp3) is 0.500. The molecule has 0 atom stereocenters. The Labute approximate surface area is 189 Å². The molecule has 1 aromatic rings. The highest BCUT2D eigenvalue weighted by Crippen LogP contribution is 1.83. The van der Waals surface area contributed by atoms with E-state index in [2.05, 4.69) is 74.0 Å². The van der Waals surface area contributed by atoms with Crippen LogP contribution in [0.4, 0.5) is 0 Å². The van der Waals surface area contributed by atoms with Crippen LogP contribution in [0, 0.1) is 36.1 Å². The molecule has 0 unspecified atom stereocenters. The van der Waals surface area contributed by atoms with Crippen molar-refractivity contribution in [3.8, 4) is 36.1 Å². The van der Waals surface area contributed by atoms with Crippen LogP contribution in [-0.4, -0.2) is 50.8 Å². The number of hydrogen-bond acceptors (Lipinski definition) is 9. The van der Waals surface area contributed by atoms with Gasteiger partial charge in [0.05, 0.1) is 36.9 Å². The molecular formula is C18H21N3O6S3. The van der Waals surface area contributed by atoms with Crippen LogP contribution in [0.1, 0.15) is 0 Å². The molecule has 0 aliphatic heterocycles. The van der Waals surface area contributed by atoms with Gasteiger partial charge < -0.3 is 14.2 Å². The minimum absolute atomic E-state index is 0.0258. The summed E-state index contributed by atoms with van der Waals surface area (Å²) in [6.45, 7) is -0.370. The first-order chi connectivity index (χ1) is 14.6. The molecule has 0 amide bonds. The zero-order valence-electron chi connectivity index (χ0n) is 16.0. The summed E-state index contributed by atoms with van der Waals surface area (Å²) in [6.07, 6.45) is 7.17. The van der Waals surface area contributed by atoms with Crippen LogP contribution < -0.4 is 17.1 Å². The molecule has 9 nitrogen and oxygen atoms in total. The fourth-order valence-corrected chi connectivity index (χ4v) is 2.26. The maximum absolute atomic E-state index is 12.7. The lowest BCUT2D eigenvalue weighted by molar-refractivity contribution is 0.228. The van der Waals surface area contributed by atoms with E-state index in [1.807, 2.05) is 0 Å². The molecule has 0 saturated carbocycles. The molecule has 0 spiro atoms. The Hall–Kier alpha value is -2.46. The van der Waals surface area contributed by atoms with Crippen molar-refractivity contribution in [1.29, 1.82) is 0 Å². The summed E-state index contributed by atoms with van der Waals surface area (Å²) in [4.78, 5) is 38.0. The smallest absolute Gasteiger partial charge is 0.336 e. The zero-order chi connectivity index (χ0) is 22.2. The number of rotatable bonds is 9. The number of aromatic nitrogens is 3. The summed E-state index contributed by atoms with van der Waals surface area (Å²) >= 11 is 11.8. The third kappa shape index (κ3) is 8.50. The molecule has 0 aliphatic carbocycles. The highest BCUT2D eigenvalue weighted by atomic mass is 32.1. The van der Waals surface area contributed by atoms with Crippen molar-refractivity contribution in [2.45, 2.75) is 19.6 Å². The Bertz CT molecular complexity index is 880. The molecule has 0 bridgehead atoms. The predicted molar refractivity (Wildman–Crippen MR) is 122 cm³/mol. The van der Waals surface area contributed by atoms with Crippen LogP contribution in [0.3, 0.4) is 0 Å². The standard InChI is InChI=1S/C18H21N3O6S3/c22-16-19(4-10-25-7-1-13-28)17(23)21(6-12-27-9-3-15-30)18(24)20(16)5-11-26-8-2-14-29/h28-30H,4-6,10-15H2. The molecule has 1 heterocycles. The maximum atomic E-state index is 12.7. The minimum atomic E-state index is -0.784. The van der Waals surface area contributed by atoms with E-state index in [-0.39, 0.29) is 39.5 Å². The lowest BCUT2D eigenvalue weighted by atomic mass is 10.5. The van der Waals surface area contributed by atoms with Gasteiger partial charge in [0.2, 0.25) is 0 Å². The monoisotopic (exact) mass is 471 g/mol. The lowest BCUT2D eigenvalue weighted by Gasteiger charge is -2.13. The molecule has 0 N–H and O–H groups in total. The molecule has 12 heteroatoms. The molecule has 0 fully saturated rings. The van der Waals surface area contributed by atoms with Gasteiger partial charge in [-0.05, 0) is 17.8 Å². The third-order valence-corrected chi connectivity index (χ3v) is 3.78. The Morgan fingerprint density at radius 3 is 1.07 bits per heavy atom. The molecular weight excluding hydrogens is 450 g/mol. The van der Waals surface area contributed by atoms with Crippen LogP contribution in [0.2, 0.25) is 0 Å². The molecule has 30 heavy (non-hydrogen) atoms. The minimum Gasteiger partial charge on any atom is -0.445 e. The van der Waals surface area contributed by atoms with E-state index in [1.165, 1.54) is 0 Å². The van der Waals surface area contributed by atoms with Crippen molar-refractivity contribution in [1.82, 2.24) is 13.7 Å². The molecule has 162 valence electrons. The Kier molecular flexibility index (Phi) is 13.1. The number of hydrogen-bond donors (Lipinski definition) is 3. The Morgan fingerprint density at radius 1 is 0.567 bits per heavy atom. The molecule has 0 aromatic carbocycles. The molecule has 0 radical (unpaired) electrons. The molecule has 1 rings (SSSR count).